The molecular weight excluding hydrogens is 318 g/mol. The molecule has 1 rings (SSSR count). The maximum atomic E-state index is 11.8. The largest absolute Gasteiger partial charge is 0.325 e. The maximum Gasteiger partial charge on any atom is 0.225 e. The van der Waals surface area contributed by atoms with Crippen LogP contribution in [0.1, 0.15) is 18.4 Å². The lowest BCUT2D eigenvalue weighted by Gasteiger charge is -2.10. The van der Waals surface area contributed by atoms with Crippen molar-refractivity contribution >= 4 is 27.5 Å². The third kappa shape index (κ3) is 7.03. The lowest BCUT2D eigenvalue weighted by Crippen LogP contribution is -2.25. The van der Waals surface area contributed by atoms with Gasteiger partial charge < -0.3 is 15.5 Å². The van der Waals surface area contributed by atoms with Crippen molar-refractivity contribution in [2.75, 3.05) is 39.0 Å². The van der Waals surface area contributed by atoms with Crippen molar-refractivity contribution in [1.82, 2.24) is 10.2 Å². The second-order valence-corrected chi connectivity index (χ2v) is 6.04. The Labute approximate surface area is 130 Å². The molecule has 0 heterocycles. The van der Waals surface area contributed by atoms with E-state index >= 15 is 0 Å². The van der Waals surface area contributed by atoms with E-state index < -0.39 is 0 Å². The minimum Gasteiger partial charge on any atom is -0.325 e. The van der Waals surface area contributed by atoms with Gasteiger partial charge in [0.1, 0.15) is 0 Å². The fourth-order valence-corrected chi connectivity index (χ4v) is 2.37. The first-order valence-electron chi connectivity index (χ1n) is 6.90. The van der Waals surface area contributed by atoms with Gasteiger partial charge in [-0.1, -0.05) is 6.07 Å². The highest BCUT2D eigenvalue weighted by molar-refractivity contribution is 9.10. The molecule has 0 aliphatic rings. The lowest BCUT2D eigenvalue weighted by molar-refractivity contribution is -0.116. The summed E-state index contributed by atoms with van der Waals surface area (Å²) in [6.45, 7) is 4.74. The molecule has 0 unspecified atom stereocenters. The first kappa shape index (κ1) is 17.1. The number of benzene rings is 1. The Hall–Kier alpha value is -0.910. The number of aryl methyl sites for hydroxylation is 1. The molecular formula is C15H24BrN3O. The number of amides is 1. The Kier molecular flexibility index (Phi) is 7.80. The van der Waals surface area contributed by atoms with E-state index in [2.05, 4.69) is 45.6 Å². The summed E-state index contributed by atoms with van der Waals surface area (Å²) in [6, 6.07) is 5.90. The van der Waals surface area contributed by atoms with Crippen LogP contribution in [0.5, 0.6) is 0 Å². The minimum atomic E-state index is 0.0367. The van der Waals surface area contributed by atoms with Crippen LogP contribution in [0.25, 0.3) is 0 Å². The predicted molar refractivity (Wildman–Crippen MR) is 88.2 cm³/mol. The van der Waals surface area contributed by atoms with Gasteiger partial charge in [-0.3, -0.25) is 4.79 Å². The Morgan fingerprint density at radius 3 is 2.70 bits per heavy atom. The number of carbonyl (C=O) groups excluding carboxylic acids is 1. The van der Waals surface area contributed by atoms with Gasteiger partial charge in [-0.15, -0.1) is 0 Å². The predicted octanol–water partition coefficient (Wildman–Crippen LogP) is 2.63. The highest BCUT2D eigenvalue weighted by atomic mass is 79.9. The molecule has 20 heavy (non-hydrogen) atoms. The zero-order valence-corrected chi connectivity index (χ0v) is 14.1. The summed E-state index contributed by atoms with van der Waals surface area (Å²) >= 11 is 3.46. The Bertz CT molecular complexity index is 435. The molecule has 0 aromatic heterocycles. The summed E-state index contributed by atoms with van der Waals surface area (Å²) in [7, 11) is 4.12. The number of halogens is 1. The monoisotopic (exact) mass is 341 g/mol. The van der Waals surface area contributed by atoms with Crippen LogP contribution >= 0.6 is 15.9 Å². The lowest BCUT2D eigenvalue weighted by atomic mass is 10.2. The van der Waals surface area contributed by atoms with Crippen molar-refractivity contribution in [3.63, 3.8) is 0 Å². The average Bonchev–Trinajstić information content (AvgIpc) is 2.36. The van der Waals surface area contributed by atoms with Crippen LogP contribution in [0, 0.1) is 6.92 Å². The molecule has 1 amide bonds. The minimum absolute atomic E-state index is 0.0367. The molecule has 0 bridgehead atoms. The third-order valence-electron chi connectivity index (χ3n) is 2.89. The van der Waals surface area contributed by atoms with Gasteiger partial charge in [-0.25, -0.2) is 0 Å². The molecule has 0 spiro atoms. The number of carbonyl (C=O) groups is 1. The van der Waals surface area contributed by atoms with E-state index in [-0.39, 0.29) is 5.91 Å². The second-order valence-electron chi connectivity index (χ2n) is 5.19. The topological polar surface area (TPSA) is 44.4 Å². The van der Waals surface area contributed by atoms with E-state index in [1.807, 2.05) is 25.1 Å². The summed E-state index contributed by atoms with van der Waals surface area (Å²) < 4.78 is 0.921. The van der Waals surface area contributed by atoms with E-state index in [1.54, 1.807) is 0 Å². The SMILES string of the molecule is Cc1ccc(NC(=O)CCNCCCN(C)C)c(Br)c1. The zero-order valence-electron chi connectivity index (χ0n) is 12.5. The van der Waals surface area contributed by atoms with Crippen LogP contribution in [-0.4, -0.2) is 44.5 Å². The van der Waals surface area contributed by atoms with E-state index in [9.17, 15) is 4.79 Å². The quantitative estimate of drug-likeness (QED) is 0.714. The van der Waals surface area contributed by atoms with Crippen LogP contribution in [0.3, 0.4) is 0 Å². The molecule has 0 fully saturated rings. The number of rotatable bonds is 8. The molecule has 0 radical (unpaired) electrons. The molecule has 1 aromatic carbocycles. The molecule has 0 aliphatic carbocycles. The van der Waals surface area contributed by atoms with Crippen LogP contribution in [0.4, 0.5) is 5.69 Å². The third-order valence-corrected chi connectivity index (χ3v) is 3.54. The van der Waals surface area contributed by atoms with E-state index in [1.165, 1.54) is 0 Å². The average molecular weight is 342 g/mol. The first-order chi connectivity index (χ1) is 9.49. The number of anilines is 1. The Morgan fingerprint density at radius 1 is 1.30 bits per heavy atom. The molecule has 4 nitrogen and oxygen atoms in total. The van der Waals surface area contributed by atoms with Gasteiger partial charge in [0.25, 0.3) is 0 Å². The van der Waals surface area contributed by atoms with Gasteiger partial charge in [-0.2, -0.15) is 0 Å². The molecule has 112 valence electrons. The van der Waals surface area contributed by atoms with Gasteiger partial charge >= 0.3 is 0 Å². The van der Waals surface area contributed by atoms with Crippen molar-refractivity contribution in [1.29, 1.82) is 0 Å². The van der Waals surface area contributed by atoms with Crippen LogP contribution < -0.4 is 10.6 Å². The van der Waals surface area contributed by atoms with Gasteiger partial charge in [0.05, 0.1) is 5.69 Å². The highest BCUT2D eigenvalue weighted by Gasteiger charge is 2.05. The smallest absolute Gasteiger partial charge is 0.225 e. The van der Waals surface area contributed by atoms with Crippen molar-refractivity contribution in [3.05, 3.63) is 28.2 Å². The van der Waals surface area contributed by atoms with Crippen LogP contribution in [0.15, 0.2) is 22.7 Å². The summed E-state index contributed by atoms with van der Waals surface area (Å²) in [5.41, 5.74) is 1.99. The highest BCUT2D eigenvalue weighted by Crippen LogP contribution is 2.23. The molecule has 0 aliphatic heterocycles. The summed E-state index contributed by atoms with van der Waals surface area (Å²) in [5.74, 6) is 0.0367. The second kappa shape index (κ2) is 9.10. The van der Waals surface area contributed by atoms with Crippen LogP contribution in [0.2, 0.25) is 0 Å². The summed E-state index contributed by atoms with van der Waals surface area (Å²) in [4.78, 5) is 14.0. The fraction of sp³-hybridized carbons (Fsp3) is 0.533. The van der Waals surface area contributed by atoms with Crippen molar-refractivity contribution in [2.24, 2.45) is 0 Å². The van der Waals surface area contributed by atoms with Gasteiger partial charge in [0, 0.05) is 17.4 Å². The van der Waals surface area contributed by atoms with Gasteiger partial charge in [-0.05, 0) is 74.2 Å². The van der Waals surface area contributed by atoms with Gasteiger partial charge in [0.2, 0.25) is 5.91 Å². The number of nitrogens with one attached hydrogen (secondary N) is 2. The standard InChI is InChI=1S/C15H24BrN3O/c1-12-5-6-14(13(16)11-12)18-15(20)7-9-17-8-4-10-19(2)3/h5-6,11,17H,4,7-10H2,1-3H3,(H,18,20). The molecule has 0 saturated carbocycles. The molecule has 0 atom stereocenters. The van der Waals surface area contributed by atoms with E-state index in [0.29, 0.717) is 13.0 Å². The molecule has 0 saturated heterocycles. The zero-order chi connectivity index (χ0) is 15.0. The van der Waals surface area contributed by atoms with Crippen molar-refractivity contribution in [3.8, 4) is 0 Å². The Balaban J connectivity index is 2.20. The summed E-state index contributed by atoms with van der Waals surface area (Å²) in [6.07, 6.45) is 1.58. The number of hydrogen-bond donors (Lipinski definition) is 2. The van der Waals surface area contributed by atoms with Crippen LogP contribution in [-0.2, 0) is 4.79 Å². The Morgan fingerprint density at radius 2 is 2.05 bits per heavy atom. The maximum absolute atomic E-state index is 11.8. The van der Waals surface area contributed by atoms with E-state index in [4.69, 9.17) is 0 Å². The fourth-order valence-electron chi connectivity index (χ4n) is 1.78. The number of hydrogen-bond acceptors (Lipinski definition) is 3. The van der Waals surface area contributed by atoms with E-state index in [0.717, 1.165) is 35.2 Å². The summed E-state index contributed by atoms with van der Waals surface area (Å²) in [5, 5.41) is 6.19. The molecule has 1 aromatic rings. The van der Waals surface area contributed by atoms with Crippen molar-refractivity contribution < 1.29 is 4.79 Å². The molecule has 5 heteroatoms. The first-order valence-corrected chi connectivity index (χ1v) is 7.70. The molecule has 2 N–H and O–H groups in total. The normalized spacial score (nSPS) is 10.8. The van der Waals surface area contributed by atoms with Crippen molar-refractivity contribution in [2.45, 2.75) is 19.8 Å². The number of nitrogens with zero attached hydrogens (tertiary/aromatic N) is 1. The van der Waals surface area contributed by atoms with Gasteiger partial charge in [0.15, 0.2) is 0 Å².